The minimum absolute atomic E-state index is 0.0772. The fourth-order valence-electron chi connectivity index (χ4n) is 5.27. The van der Waals surface area contributed by atoms with Gasteiger partial charge in [-0.25, -0.2) is 4.98 Å². The number of rotatable bonds is 5. The van der Waals surface area contributed by atoms with Crippen LogP contribution in [0, 0.1) is 6.92 Å². The fourth-order valence-corrected chi connectivity index (χ4v) is 5.52. The van der Waals surface area contributed by atoms with E-state index in [9.17, 15) is 14.7 Å². The number of phenols is 1. The molecule has 1 aliphatic rings. The number of benzene rings is 3. The molecule has 1 aliphatic heterocycles. The van der Waals surface area contributed by atoms with E-state index in [0.29, 0.717) is 40.8 Å². The predicted octanol–water partition coefficient (Wildman–Crippen LogP) is 5.75. The Bertz CT molecular complexity index is 1760. The molecule has 9 heteroatoms. The van der Waals surface area contributed by atoms with Gasteiger partial charge in [-0.15, -0.1) is 11.6 Å². The summed E-state index contributed by atoms with van der Waals surface area (Å²) >= 11 is 6.37. The summed E-state index contributed by atoms with van der Waals surface area (Å²) in [4.78, 5) is 32.6. The Kier molecular flexibility index (Phi) is 6.12. The molecule has 196 valence electrons. The number of aromatic hydroxyl groups is 1. The number of hydrogen-bond donors (Lipinski definition) is 2. The minimum Gasteiger partial charge on any atom is -0.507 e. The largest absolute Gasteiger partial charge is 0.507 e. The van der Waals surface area contributed by atoms with Crippen LogP contribution in [-0.4, -0.2) is 45.8 Å². The molecule has 0 fully saturated rings. The number of methoxy groups -OCH3 is 1. The number of hydrogen-bond acceptors (Lipinski definition) is 5. The molecule has 8 nitrogen and oxygen atoms in total. The number of ether oxygens (including phenoxy) is 1. The molecule has 3 aromatic carbocycles. The van der Waals surface area contributed by atoms with Gasteiger partial charge in [0.1, 0.15) is 22.8 Å². The Balaban J connectivity index is 1.31. The first-order valence-electron chi connectivity index (χ1n) is 12.4. The molecule has 3 heterocycles. The molecule has 5 aromatic rings. The topological polar surface area (TPSA) is 96.2 Å². The number of aromatic nitrogens is 2. The summed E-state index contributed by atoms with van der Waals surface area (Å²) in [5.74, 6) is 0.493. The number of carbonyl (C=O) groups excluding carboxylic acids is 2. The second-order valence-corrected chi connectivity index (χ2v) is 9.89. The zero-order chi connectivity index (χ0) is 27.3. The van der Waals surface area contributed by atoms with Crippen LogP contribution in [-0.2, 0) is 0 Å². The first-order chi connectivity index (χ1) is 18.9. The Hall–Kier alpha value is -4.56. The predicted molar refractivity (Wildman–Crippen MR) is 152 cm³/mol. The van der Waals surface area contributed by atoms with E-state index in [2.05, 4.69) is 10.3 Å². The number of imidazole rings is 1. The van der Waals surface area contributed by atoms with Crippen LogP contribution in [0.1, 0.15) is 37.9 Å². The molecular weight excluding hydrogens is 516 g/mol. The van der Waals surface area contributed by atoms with Crippen molar-refractivity contribution in [2.45, 2.75) is 12.8 Å². The lowest BCUT2D eigenvalue weighted by Gasteiger charge is -2.17. The van der Waals surface area contributed by atoms with Crippen LogP contribution in [0.5, 0.6) is 11.5 Å². The number of aryl methyl sites for hydroxylation is 1. The van der Waals surface area contributed by atoms with Crippen molar-refractivity contribution in [2.24, 2.45) is 0 Å². The van der Waals surface area contributed by atoms with Crippen molar-refractivity contribution in [3.63, 3.8) is 0 Å². The average Bonchev–Trinajstić information content (AvgIpc) is 3.54. The van der Waals surface area contributed by atoms with E-state index >= 15 is 0 Å². The summed E-state index contributed by atoms with van der Waals surface area (Å²) in [5.41, 5.74) is 4.49. The van der Waals surface area contributed by atoms with Gasteiger partial charge in [0.2, 0.25) is 0 Å². The number of halogens is 1. The molecule has 0 saturated heterocycles. The highest BCUT2D eigenvalue weighted by Gasteiger charge is 2.36. The molecule has 1 atom stereocenters. The number of fused-ring (bicyclic) bond motifs is 4. The SMILES string of the molecule is COc1ccc(C(=O)Nc2ccc3nc(C(=O)N4C[C@@H](CCl)c5c4cc(O)c4cccc(C)c54)cn3c2)cc1. The molecule has 0 spiro atoms. The van der Waals surface area contributed by atoms with Gasteiger partial charge in [-0.05, 0) is 59.8 Å². The lowest BCUT2D eigenvalue weighted by molar-refractivity contribution is 0.0982. The molecule has 2 amide bonds. The van der Waals surface area contributed by atoms with Gasteiger partial charge in [0.05, 0.1) is 18.5 Å². The van der Waals surface area contributed by atoms with Crippen molar-refractivity contribution in [1.82, 2.24) is 9.38 Å². The highest BCUT2D eigenvalue weighted by Crippen LogP contribution is 2.46. The number of alkyl halides is 1. The molecule has 0 saturated carbocycles. The third-order valence-electron chi connectivity index (χ3n) is 7.18. The summed E-state index contributed by atoms with van der Waals surface area (Å²) < 4.78 is 6.85. The maximum absolute atomic E-state index is 13.7. The molecule has 0 unspecified atom stereocenters. The molecule has 0 aliphatic carbocycles. The van der Waals surface area contributed by atoms with Gasteiger partial charge >= 0.3 is 0 Å². The van der Waals surface area contributed by atoms with Crippen LogP contribution in [0.25, 0.3) is 16.4 Å². The Morgan fingerprint density at radius 3 is 2.67 bits per heavy atom. The van der Waals surface area contributed by atoms with E-state index in [1.807, 2.05) is 25.1 Å². The summed E-state index contributed by atoms with van der Waals surface area (Å²) in [6.45, 7) is 2.38. The lowest BCUT2D eigenvalue weighted by atomic mass is 9.92. The normalized spacial score (nSPS) is 14.5. The van der Waals surface area contributed by atoms with E-state index in [0.717, 1.165) is 21.9 Å². The summed E-state index contributed by atoms with van der Waals surface area (Å²) in [6.07, 6.45) is 3.35. The van der Waals surface area contributed by atoms with Crippen LogP contribution in [0.4, 0.5) is 11.4 Å². The number of nitrogens with zero attached hydrogens (tertiary/aromatic N) is 3. The van der Waals surface area contributed by atoms with E-state index in [-0.39, 0.29) is 29.2 Å². The van der Waals surface area contributed by atoms with Gasteiger partial charge in [0, 0.05) is 47.8 Å². The summed E-state index contributed by atoms with van der Waals surface area (Å²) in [6, 6.07) is 17.7. The van der Waals surface area contributed by atoms with Crippen molar-refractivity contribution < 1.29 is 19.4 Å². The molecule has 39 heavy (non-hydrogen) atoms. The second-order valence-electron chi connectivity index (χ2n) is 9.58. The van der Waals surface area contributed by atoms with Crippen molar-refractivity contribution >= 4 is 51.2 Å². The van der Waals surface area contributed by atoms with Crippen LogP contribution >= 0.6 is 11.6 Å². The number of pyridine rings is 1. The van der Waals surface area contributed by atoms with Crippen LogP contribution in [0.3, 0.4) is 0 Å². The van der Waals surface area contributed by atoms with Gasteiger partial charge in [-0.3, -0.25) is 9.59 Å². The fraction of sp³-hybridized carbons (Fsp3) is 0.167. The molecule has 2 aromatic heterocycles. The smallest absolute Gasteiger partial charge is 0.278 e. The van der Waals surface area contributed by atoms with Crippen LogP contribution < -0.4 is 15.0 Å². The van der Waals surface area contributed by atoms with E-state index in [1.165, 1.54) is 0 Å². The van der Waals surface area contributed by atoms with Crippen molar-refractivity contribution in [1.29, 1.82) is 0 Å². The van der Waals surface area contributed by atoms with Gasteiger partial charge in [0.15, 0.2) is 0 Å². The van der Waals surface area contributed by atoms with E-state index in [1.54, 1.807) is 71.3 Å². The number of anilines is 2. The van der Waals surface area contributed by atoms with Crippen LogP contribution in [0.2, 0.25) is 0 Å². The zero-order valence-corrected chi connectivity index (χ0v) is 22.1. The monoisotopic (exact) mass is 540 g/mol. The average molecular weight is 541 g/mol. The number of amides is 2. The van der Waals surface area contributed by atoms with Gasteiger partial charge < -0.3 is 24.5 Å². The number of phenolic OH excluding ortho intramolecular Hbond substituents is 1. The maximum Gasteiger partial charge on any atom is 0.278 e. The first-order valence-corrected chi connectivity index (χ1v) is 13.0. The molecule has 6 rings (SSSR count). The van der Waals surface area contributed by atoms with Gasteiger partial charge in [0.25, 0.3) is 11.8 Å². The highest BCUT2D eigenvalue weighted by atomic mass is 35.5. The summed E-state index contributed by atoms with van der Waals surface area (Å²) in [7, 11) is 1.57. The quantitative estimate of drug-likeness (QED) is 0.277. The number of carbonyl (C=O) groups is 2. The standard InChI is InChI=1S/C30H25ClN4O4/c1-17-4-3-5-22-25(36)12-24-28(27(17)22)19(13-31)14-35(24)30(38)23-16-34-15-20(8-11-26(34)33-23)32-29(37)18-6-9-21(39-2)10-7-18/h3-12,15-16,19,36H,13-14H2,1-2H3,(H,32,37)/t19-/m1/s1. The highest BCUT2D eigenvalue weighted by molar-refractivity contribution is 6.19. The first kappa shape index (κ1) is 24.8. The van der Waals surface area contributed by atoms with Crippen molar-refractivity contribution in [3.05, 3.63) is 95.4 Å². The van der Waals surface area contributed by atoms with Crippen LogP contribution in [0.15, 0.2) is 73.1 Å². The molecular formula is C30H25ClN4O4. The van der Waals surface area contributed by atoms with E-state index in [4.69, 9.17) is 16.3 Å². The minimum atomic E-state index is -0.288. The van der Waals surface area contributed by atoms with Crippen molar-refractivity contribution in [2.75, 3.05) is 29.8 Å². The maximum atomic E-state index is 13.7. The Morgan fingerprint density at radius 2 is 1.92 bits per heavy atom. The zero-order valence-electron chi connectivity index (χ0n) is 21.3. The van der Waals surface area contributed by atoms with E-state index < -0.39 is 0 Å². The second kappa shape index (κ2) is 9.63. The molecule has 0 bridgehead atoms. The lowest BCUT2D eigenvalue weighted by Crippen LogP contribution is -2.30. The van der Waals surface area contributed by atoms with Crippen molar-refractivity contribution in [3.8, 4) is 11.5 Å². The Labute approximate surface area is 229 Å². The van der Waals surface area contributed by atoms with Gasteiger partial charge in [-0.1, -0.05) is 18.2 Å². The summed E-state index contributed by atoms with van der Waals surface area (Å²) in [5, 5.41) is 15.3. The third kappa shape index (κ3) is 4.23. The Morgan fingerprint density at radius 1 is 1.13 bits per heavy atom. The molecule has 0 radical (unpaired) electrons. The third-order valence-corrected chi connectivity index (χ3v) is 7.55. The molecule has 2 N–H and O–H groups in total. The van der Waals surface area contributed by atoms with Gasteiger partial charge in [-0.2, -0.15) is 0 Å². The number of nitrogens with one attached hydrogen (secondary N) is 1.